The van der Waals surface area contributed by atoms with Crippen LogP contribution in [0.3, 0.4) is 0 Å². The van der Waals surface area contributed by atoms with Gasteiger partial charge in [-0.3, -0.25) is 9.59 Å². The van der Waals surface area contributed by atoms with E-state index in [4.69, 9.17) is 14.0 Å². The maximum Gasteiger partial charge on any atom is 0.268 e. The summed E-state index contributed by atoms with van der Waals surface area (Å²) in [4.78, 5) is 25.0. The van der Waals surface area contributed by atoms with E-state index in [2.05, 4.69) is 15.8 Å². The average molecular weight is 421 g/mol. The summed E-state index contributed by atoms with van der Waals surface area (Å²) in [6.45, 7) is 7.40. The number of fused-ring (bicyclic) bond motifs is 1. The molecule has 1 aliphatic heterocycles. The number of anilines is 2. The van der Waals surface area contributed by atoms with E-state index in [9.17, 15) is 9.59 Å². The Morgan fingerprint density at radius 2 is 1.90 bits per heavy atom. The van der Waals surface area contributed by atoms with Gasteiger partial charge in [-0.2, -0.15) is 0 Å². The zero-order valence-electron chi connectivity index (χ0n) is 17.7. The van der Waals surface area contributed by atoms with Crippen molar-refractivity contribution in [1.29, 1.82) is 0 Å². The number of carbonyl (C=O) groups is 2. The zero-order chi connectivity index (χ0) is 22.2. The number of rotatable bonds is 5. The predicted octanol–water partition coefficient (Wildman–Crippen LogP) is 4.23. The number of nitrogens with one attached hydrogen (secondary N) is 2. The van der Waals surface area contributed by atoms with Crippen molar-refractivity contribution >= 4 is 23.2 Å². The van der Waals surface area contributed by atoms with Gasteiger partial charge in [-0.1, -0.05) is 11.2 Å². The quantitative estimate of drug-likeness (QED) is 0.639. The van der Waals surface area contributed by atoms with Crippen molar-refractivity contribution < 1.29 is 23.6 Å². The van der Waals surface area contributed by atoms with Gasteiger partial charge in [0.15, 0.2) is 5.60 Å². The van der Waals surface area contributed by atoms with Gasteiger partial charge < -0.3 is 24.6 Å². The minimum absolute atomic E-state index is 0.276. The van der Waals surface area contributed by atoms with E-state index >= 15 is 0 Å². The molecule has 2 N–H and O–H groups in total. The molecule has 0 atom stereocenters. The van der Waals surface area contributed by atoms with Gasteiger partial charge in [0.2, 0.25) is 0 Å². The molecule has 3 aromatic rings. The van der Waals surface area contributed by atoms with Gasteiger partial charge in [0.05, 0.1) is 16.9 Å². The summed E-state index contributed by atoms with van der Waals surface area (Å²) in [7, 11) is 0. The third-order valence-electron chi connectivity index (χ3n) is 5.11. The molecule has 0 saturated heterocycles. The molecule has 0 aliphatic carbocycles. The fourth-order valence-electron chi connectivity index (χ4n) is 3.20. The van der Waals surface area contributed by atoms with E-state index < -0.39 is 5.60 Å². The molecule has 0 unspecified atom stereocenters. The number of hydrogen-bond acceptors (Lipinski definition) is 6. The Morgan fingerprint density at radius 3 is 2.58 bits per heavy atom. The second kappa shape index (κ2) is 7.79. The Balaban J connectivity index is 1.45. The molecule has 2 amide bonds. The van der Waals surface area contributed by atoms with Gasteiger partial charge in [-0.15, -0.1) is 0 Å². The third kappa shape index (κ3) is 4.09. The molecule has 0 radical (unpaired) electrons. The van der Waals surface area contributed by atoms with Crippen LogP contribution in [0.4, 0.5) is 11.4 Å². The lowest BCUT2D eigenvalue weighted by Gasteiger charge is -2.32. The van der Waals surface area contributed by atoms with Gasteiger partial charge in [0.25, 0.3) is 11.8 Å². The predicted molar refractivity (Wildman–Crippen MR) is 114 cm³/mol. The number of ether oxygens (including phenoxy) is 2. The van der Waals surface area contributed by atoms with Gasteiger partial charge in [0, 0.05) is 5.56 Å². The van der Waals surface area contributed by atoms with Crippen molar-refractivity contribution in [3.8, 4) is 11.5 Å². The van der Waals surface area contributed by atoms with Gasteiger partial charge in [-0.05, 0) is 64.1 Å². The second-order valence-corrected chi connectivity index (χ2v) is 7.82. The van der Waals surface area contributed by atoms with Crippen LogP contribution in [0, 0.1) is 13.8 Å². The highest BCUT2D eigenvalue weighted by Crippen LogP contribution is 2.39. The SMILES string of the molecule is Cc1noc(C)c1COc1ccc(C(=O)Nc2cccc3c2NC(=O)C(C)(C)O3)cc1. The zero-order valence-corrected chi connectivity index (χ0v) is 17.7. The Labute approximate surface area is 179 Å². The van der Waals surface area contributed by atoms with Crippen LogP contribution in [-0.2, 0) is 11.4 Å². The number of benzene rings is 2. The molecular formula is C23H23N3O5. The van der Waals surface area contributed by atoms with Crippen molar-refractivity contribution in [3.63, 3.8) is 0 Å². The van der Waals surface area contributed by atoms with Crippen molar-refractivity contribution in [2.24, 2.45) is 0 Å². The lowest BCUT2D eigenvalue weighted by atomic mass is 10.1. The molecule has 8 nitrogen and oxygen atoms in total. The second-order valence-electron chi connectivity index (χ2n) is 7.82. The third-order valence-corrected chi connectivity index (χ3v) is 5.11. The van der Waals surface area contributed by atoms with Crippen molar-refractivity contribution in [3.05, 3.63) is 65.0 Å². The summed E-state index contributed by atoms with van der Waals surface area (Å²) >= 11 is 0. The molecule has 4 rings (SSSR count). The van der Waals surface area contributed by atoms with E-state index in [1.807, 2.05) is 13.8 Å². The largest absolute Gasteiger partial charge is 0.489 e. The van der Waals surface area contributed by atoms with E-state index in [1.165, 1.54) is 0 Å². The van der Waals surface area contributed by atoms with Gasteiger partial charge >= 0.3 is 0 Å². The maximum absolute atomic E-state index is 12.7. The average Bonchev–Trinajstić information content (AvgIpc) is 3.05. The topological polar surface area (TPSA) is 103 Å². The van der Waals surface area contributed by atoms with Crippen molar-refractivity contribution in [2.75, 3.05) is 10.6 Å². The minimum atomic E-state index is -0.977. The van der Waals surface area contributed by atoms with Gasteiger partial charge in [0.1, 0.15) is 29.6 Å². The number of aryl methyl sites for hydroxylation is 2. The molecule has 0 saturated carbocycles. The first-order valence-corrected chi connectivity index (χ1v) is 9.84. The van der Waals surface area contributed by atoms with Crippen LogP contribution in [0.25, 0.3) is 0 Å². The first kappa shape index (κ1) is 20.5. The number of amides is 2. The fourth-order valence-corrected chi connectivity index (χ4v) is 3.20. The van der Waals surface area contributed by atoms with E-state index in [1.54, 1.807) is 56.3 Å². The van der Waals surface area contributed by atoms with Crippen LogP contribution in [0.5, 0.6) is 11.5 Å². The molecule has 0 bridgehead atoms. The smallest absolute Gasteiger partial charge is 0.268 e. The Kier molecular flexibility index (Phi) is 5.14. The Hall–Kier alpha value is -3.81. The number of nitrogens with zero attached hydrogens (tertiary/aromatic N) is 1. The first-order chi connectivity index (χ1) is 14.7. The molecule has 8 heteroatoms. The van der Waals surface area contributed by atoms with E-state index in [-0.39, 0.29) is 11.8 Å². The van der Waals surface area contributed by atoms with Crippen LogP contribution in [0.2, 0.25) is 0 Å². The van der Waals surface area contributed by atoms with E-state index in [0.717, 1.165) is 17.0 Å². The standard InChI is InChI=1S/C23H23N3O5/c1-13-17(14(2)31-26-13)12-29-16-10-8-15(9-11-16)21(27)24-18-6-5-7-19-20(18)25-22(28)23(3,4)30-19/h5-11H,12H2,1-4H3,(H,24,27)(H,25,28). The lowest BCUT2D eigenvalue weighted by molar-refractivity contribution is -0.129. The number of aromatic nitrogens is 1. The molecule has 0 fully saturated rings. The molecule has 0 spiro atoms. The first-order valence-electron chi connectivity index (χ1n) is 9.84. The summed E-state index contributed by atoms with van der Waals surface area (Å²) in [6.07, 6.45) is 0. The fraction of sp³-hybridized carbons (Fsp3) is 0.261. The molecule has 1 aromatic heterocycles. The summed E-state index contributed by atoms with van der Waals surface area (Å²) in [6, 6.07) is 12.0. The monoisotopic (exact) mass is 421 g/mol. The molecule has 160 valence electrons. The summed E-state index contributed by atoms with van der Waals surface area (Å²) < 4.78 is 16.7. The lowest BCUT2D eigenvalue weighted by Crippen LogP contribution is -2.45. The summed E-state index contributed by atoms with van der Waals surface area (Å²) in [5.41, 5.74) is 2.08. The minimum Gasteiger partial charge on any atom is -0.489 e. The van der Waals surface area contributed by atoms with Crippen LogP contribution >= 0.6 is 0 Å². The maximum atomic E-state index is 12.7. The Morgan fingerprint density at radius 1 is 1.16 bits per heavy atom. The van der Waals surface area contributed by atoms with Crippen LogP contribution in [0.15, 0.2) is 47.0 Å². The van der Waals surface area contributed by atoms with Crippen LogP contribution in [0.1, 0.15) is 41.2 Å². The molecule has 31 heavy (non-hydrogen) atoms. The number of carbonyl (C=O) groups excluding carboxylic acids is 2. The summed E-state index contributed by atoms with van der Waals surface area (Å²) in [5.74, 6) is 1.26. The number of para-hydroxylation sites is 1. The molecule has 2 heterocycles. The van der Waals surface area contributed by atoms with Gasteiger partial charge in [-0.25, -0.2) is 0 Å². The number of hydrogen-bond donors (Lipinski definition) is 2. The Bertz CT molecular complexity index is 1130. The molecular weight excluding hydrogens is 398 g/mol. The molecule has 2 aromatic carbocycles. The highest BCUT2D eigenvalue weighted by molar-refractivity contribution is 6.09. The highest BCUT2D eigenvalue weighted by Gasteiger charge is 2.36. The van der Waals surface area contributed by atoms with Crippen LogP contribution < -0.4 is 20.1 Å². The van der Waals surface area contributed by atoms with Crippen molar-refractivity contribution in [2.45, 2.75) is 39.9 Å². The normalized spacial score (nSPS) is 14.3. The molecule has 1 aliphatic rings. The highest BCUT2D eigenvalue weighted by atomic mass is 16.5. The van der Waals surface area contributed by atoms with E-state index in [0.29, 0.717) is 35.0 Å². The van der Waals surface area contributed by atoms with Crippen LogP contribution in [-0.4, -0.2) is 22.6 Å². The van der Waals surface area contributed by atoms with Crippen molar-refractivity contribution in [1.82, 2.24) is 5.16 Å². The summed E-state index contributed by atoms with van der Waals surface area (Å²) in [5, 5.41) is 9.55.